The molecule has 0 unspecified atom stereocenters. The molecule has 5 heteroatoms. The molecule has 0 saturated carbocycles. The Hall–Kier alpha value is -3.34. The van der Waals surface area contributed by atoms with E-state index in [1.807, 2.05) is 38.1 Å². The molecular weight excluding hydrogens is 338 g/mol. The first kappa shape index (κ1) is 17.1. The van der Waals surface area contributed by atoms with Crippen LogP contribution in [-0.4, -0.2) is 39.8 Å². The molecule has 0 amide bonds. The number of allylic oxidation sites excluding steroid dienone is 1. The third-order valence-electron chi connectivity index (χ3n) is 4.94. The Labute approximate surface area is 157 Å². The van der Waals surface area contributed by atoms with E-state index >= 15 is 0 Å². The first-order chi connectivity index (χ1) is 13.2. The van der Waals surface area contributed by atoms with E-state index in [0.29, 0.717) is 27.6 Å². The molecule has 0 radical (unpaired) electrons. The van der Waals surface area contributed by atoms with Crippen LogP contribution in [0, 0.1) is 0 Å². The van der Waals surface area contributed by atoms with Gasteiger partial charge in [0.2, 0.25) is 5.78 Å². The number of benzene rings is 2. The fourth-order valence-corrected chi connectivity index (χ4v) is 3.56. The summed E-state index contributed by atoms with van der Waals surface area (Å²) in [5.74, 6) is -0.265. The molecule has 0 atom stereocenters. The van der Waals surface area contributed by atoms with Crippen LogP contribution in [0.15, 0.2) is 54.6 Å². The molecular formula is C22H19N3O2. The van der Waals surface area contributed by atoms with Gasteiger partial charge >= 0.3 is 0 Å². The van der Waals surface area contributed by atoms with Gasteiger partial charge in [-0.05, 0) is 13.8 Å². The van der Waals surface area contributed by atoms with Crippen LogP contribution in [0.5, 0.6) is 0 Å². The highest BCUT2D eigenvalue weighted by Crippen LogP contribution is 2.34. The second kappa shape index (κ2) is 6.76. The highest BCUT2D eigenvalue weighted by molar-refractivity contribution is 6.24. The van der Waals surface area contributed by atoms with E-state index in [4.69, 9.17) is 0 Å². The first-order valence-corrected chi connectivity index (χ1v) is 9.06. The molecule has 2 aromatic carbocycles. The SMILES string of the molecule is CCN(CC)C1=CC(=O)c2cccc3c(C(=O)c4ccccc4)nnc1c23. The van der Waals surface area contributed by atoms with E-state index in [2.05, 4.69) is 15.1 Å². The van der Waals surface area contributed by atoms with Crippen LogP contribution < -0.4 is 0 Å². The molecule has 1 aromatic heterocycles. The van der Waals surface area contributed by atoms with Crippen LogP contribution in [0.2, 0.25) is 0 Å². The Kier molecular flexibility index (Phi) is 4.28. The molecule has 3 aromatic rings. The molecule has 134 valence electrons. The van der Waals surface area contributed by atoms with Gasteiger partial charge in [-0.3, -0.25) is 9.59 Å². The molecule has 1 aliphatic rings. The maximum absolute atomic E-state index is 13.0. The Balaban J connectivity index is 1.96. The Morgan fingerprint density at radius 3 is 2.41 bits per heavy atom. The van der Waals surface area contributed by atoms with Crippen molar-refractivity contribution in [3.8, 4) is 0 Å². The molecule has 0 fully saturated rings. The fraction of sp³-hybridized carbons (Fsp3) is 0.182. The summed E-state index contributed by atoms with van der Waals surface area (Å²) in [5, 5.41) is 10.0. The van der Waals surface area contributed by atoms with Crippen LogP contribution in [0.3, 0.4) is 0 Å². The lowest BCUT2D eigenvalue weighted by atomic mass is 9.91. The molecule has 4 rings (SSSR count). The van der Waals surface area contributed by atoms with Crippen molar-refractivity contribution in [2.45, 2.75) is 13.8 Å². The van der Waals surface area contributed by atoms with Gasteiger partial charge in [-0.15, -0.1) is 10.2 Å². The molecule has 27 heavy (non-hydrogen) atoms. The third kappa shape index (κ3) is 2.72. The molecule has 0 aliphatic heterocycles. The van der Waals surface area contributed by atoms with Crippen LogP contribution >= 0.6 is 0 Å². The smallest absolute Gasteiger partial charge is 0.213 e. The average molecular weight is 357 g/mol. The van der Waals surface area contributed by atoms with Gasteiger partial charge in [-0.2, -0.15) is 0 Å². The highest BCUT2D eigenvalue weighted by Gasteiger charge is 2.27. The number of ketones is 2. The number of carbonyl (C=O) groups excluding carboxylic acids is 2. The largest absolute Gasteiger partial charge is 0.370 e. The van der Waals surface area contributed by atoms with Crippen LogP contribution in [0.4, 0.5) is 0 Å². The summed E-state index contributed by atoms with van der Waals surface area (Å²) in [5.41, 5.74) is 2.81. The maximum atomic E-state index is 13.0. The van der Waals surface area contributed by atoms with Gasteiger partial charge < -0.3 is 4.90 Å². The summed E-state index contributed by atoms with van der Waals surface area (Å²) in [6.45, 7) is 5.58. The van der Waals surface area contributed by atoms with Crippen molar-refractivity contribution in [3.05, 3.63) is 77.1 Å². The van der Waals surface area contributed by atoms with Crippen molar-refractivity contribution in [1.82, 2.24) is 15.1 Å². The lowest BCUT2D eigenvalue weighted by Gasteiger charge is -2.27. The van der Waals surface area contributed by atoms with Crippen molar-refractivity contribution < 1.29 is 9.59 Å². The maximum Gasteiger partial charge on any atom is 0.213 e. The van der Waals surface area contributed by atoms with E-state index in [1.165, 1.54) is 0 Å². The van der Waals surface area contributed by atoms with Gasteiger partial charge in [0.05, 0.1) is 5.70 Å². The molecule has 0 N–H and O–H groups in total. The van der Waals surface area contributed by atoms with E-state index in [0.717, 1.165) is 18.8 Å². The lowest BCUT2D eigenvalue weighted by molar-refractivity contribution is 0.102. The van der Waals surface area contributed by atoms with Crippen LogP contribution in [-0.2, 0) is 0 Å². The number of nitrogens with zero attached hydrogens (tertiary/aromatic N) is 3. The third-order valence-corrected chi connectivity index (χ3v) is 4.94. The zero-order valence-corrected chi connectivity index (χ0v) is 15.3. The number of rotatable bonds is 5. The zero-order chi connectivity index (χ0) is 19.0. The number of hydrogen-bond donors (Lipinski definition) is 0. The predicted molar refractivity (Wildman–Crippen MR) is 105 cm³/mol. The second-order valence-corrected chi connectivity index (χ2v) is 6.39. The monoisotopic (exact) mass is 357 g/mol. The summed E-state index contributed by atoms with van der Waals surface area (Å²) in [7, 11) is 0. The minimum absolute atomic E-state index is 0.0684. The second-order valence-electron chi connectivity index (χ2n) is 6.39. The molecule has 0 saturated heterocycles. The van der Waals surface area contributed by atoms with Gasteiger partial charge in [0.1, 0.15) is 11.4 Å². The zero-order valence-electron chi connectivity index (χ0n) is 15.3. The van der Waals surface area contributed by atoms with Gasteiger partial charge in [0.15, 0.2) is 5.78 Å². The van der Waals surface area contributed by atoms with Gasteiger partial charge in [-0.1, -0.05) is 48.5 Å². The Bertz CT molecular complexity index is 1080. The summed E-state index contributed by atoms with van der Waals surface area (Å²) in [6, 6.07) is 14.4. The van der Waals surface area contributed by atoms with Crippen molar-refractivity contribution >= 4 is 28.0 Å². The van der Waals surface area contributed by atoms with Crippen molar-refractivity contribution in [2.24, 2.45) is 0 Å². The fourth-order valence-electron chi connectivity index (χ4n) is 3.56. The number of carbonyl (C=O) groups is 2. The van der Waals surface area contributed by atoms with E-state index < -0.39 is 0 Å². The number of hydrogen-bond acceptors (Lipinski definition) is 5. The summed E-state index contributed by atoms with van der Waals surface area (Å²) < 4.78 is 0. The summed E-state index contributed by atoms with van der Waals surface area (Å²) in [6.07, 6.45) is 1.62. The summed E-state index contributed by atoms with van der Waals surface area (Å²) >= 11 is 0. The summed E-state index contributed by atoms with van der Waals surface area (Å²) in [4.78, 5) is 27.8. The molecule has 0 spiro atoms. The predicted octanol–water partition coefficient (Wildman–Crippen LogP) is 3.74. The highest BCUT2D eigenvalue weighted by atomic mass is 16.1. The number of aromatic nitrogens is 2. The molecule has 1 aliphatic carbocycles. The van der Waals surface area contributed by atoms with Crippen LogP contribution in [0.25, 0.3) is 16.5 Å². The minimum Gasteiger partial charge on any atom is -0.370 e. The lowest BCUT2D eigenvalue weighted by Crippen LogP contribution is -2.25. The van der Waals surface area contributed by atoms with Crippen molar-refractivity contribution in [3.63, 3.8) is 0 Å². The molecule has 1 heterocycles. The first-order valence-electron chi connectivity index (χ1n) is 9.06. The average Bonchev–Trinajstić information content (AvgIpc) is 2.72. The molecule has 5 nitrogen and oxygen atoms in total. The topological polar surface area (TPSA) is 63.2 Å². The van der Waals surface area contributed by atoms with Gasteiger partial charge in [0, 0.05) is 41.1 Å². The quantitative estimate of drug-likeness (QED) is 0.651. The minimum atomic E-state index is -0.196. The normalized spacial score (nSPS) is 12.8. The van der Waals surface area contributed by atoms with Gasteiger partial charge in [0.25, 0.3) is 0 Å². The van der Waals surface area contributed by atoms with Crippen molar-refractivity contribution in [1.29, 1.82) is 0 Å². The van der Waals surface area contributed by atoms with Crippen LogP contribution in [0.1, 0.15) is 46.0 Å². The Morgan fingerprint density at radius 1 is 0.963 bits per heavy atom. The Morgan fingerprint density at radius 2 is 1.70 bits per heavy atom. The van der Waals surface area contributed by atoms with E-state index in [1.54, 1.807) is 30.3 Å². The molecule has 0 bridgehead atoms. The van der Waals surface area contributed by atoms with E-state index in [9.17, 15) is 9.59 Å². The standard InChI is InChI=1S/C22H19N3O2/c1-3-25(4-2)17-13-18(26)15-11-8-12-16-19(15)21(17)24-23-20(16)22(27)14-9-6-5-7-10-14/h5-13H,3-4H2,1-2H3. The van der Waals surface area contributed by atoms with Gasteiger partial charge in [-0.25, -0.2) is 0 Å². The van der Waals surface area contributed by atoms with Crippen molar-refractivity contribution in [2.75, 3.05) is 13.1 Å². The van der Waals surface area contributed by atoms with E-state index in [-0.39, 0.29) is 17.3 Å².